The SMILES string of the molecule is NS(=O)(=O)c1cccc(S(=O)(=O)N2CCCc3cccc(F)c32)c1. The second-order valence-corrected chi connectivity index (χ2v) is 8.87. The van der Waals surface area contributed by atoms with Gasteiger partial charge in [-0.05, 0) is 42.7 Å². The number of nitrogens with zero attached hydrogens (tertiary/aromatic N) is 1. The second-order valence-electron chi connectivity index (χ2n) is 5.45. The van der Waals surface area contributed by atoms with Gasteiger partial charge in [-0.25, -0.2) is 26.4 Å². The number of fused-ring (bicyclic) bond motifs is 1. The molecule has 0 unspecified atom stereocenters. The normalized spacial score (nSPS) is 15.2. The van der Waals surface area contributed by atoms with Gasteiger partial charge in [0.1, 0.15) is 5.82 Å². The van der Waals surface area contributed by atoms with Crippen LogP contribution in [0.25, 0.3) is 0 Å². The number of hydrogen-bond donors (Lipinski definition) is 1. The largest absolute Gasteiger partial charge is 0.264 e. The maximum Gasteiger partial charge on any atom is 0.264 e. The fourth-order valence-corrected chi connectivity index (χ4v) is 4.97. The minimum atomic E-state index is -4.11. The van der Waals surface area contributed by atoms with Gasteiger partial charge in [0.25, 0.3) is 10.0 Å². The van der Waals surface area contributed by atoms with Crippen LogP contribution in [0, 0.1) is 5.82 Å². The molecule has 0 aromatic heterocycles. The fraction of sp³-hybridized carbons (Fsp3) is 0.200. The molecule has 0 amide bonds. The van der Waals surface area contributed by atoms with E-state index in [-0.39, 0.29) is 22.0 Å². The molecule has 3 rings (SSSR count). The predicted molar refractivity (Wildman–Crippen MR) is 87.1 cm³/mol. The molecule has 0 saturated carbocycles. The number of aryl methyl sites for hydroxylation is 1. The highest BCUT2D eigenvalue weighted by Gasteiger charge is 2.31. The third kappa shape index (κ3) is 2.90. The van der Waals surface area contributed by atoms with Crippen molar-refractivity contribution in [2.75, 3.05) is 10.8 Å². The first kappa shape index (κ1) is 16.9. The lowest BCUT2D eigenvalue weighted by Gasteiger charge is -2.30. The highest BCUT2D eigenvalue weighted by molar-refractivity contribution is 7.93. The summed E-state index contributed by atoms with van der Waals surface area (Å²) in [5, 5.41) is 5.05. The van der Waals surface area contributed by atoms with Crippen LogP contribution in [-0.2, 0) is 26.5 Å². The smallest absolute Gasteiger partial charge is 0.263 e. The van der Waals surface area contributed by atoms with Gasteiger partial charge in [-0.2, -0.15) is 0 Å². The van der Waals surface area contributed by atoms with Gasteiger partial charge < -0.3 is 0 Å². The van der Waals surface area contributed by atoms with Crippen LogP contribution in [-0.4, -0.2) is 23.4 Å². The van der Waals surface area contributed by atoms with Crippen molar-refractivity contribution in [3.8, 4) is 0 Å². The number of sulfonamides is 2. The zero-order valence-electron chi connectivity index (χ0n) is 12.5. The first-order valence-corrected chi connectivity index (χ1v) is 10.1. The van der Waals surface area contributed by atoms with Gasteiger partial charge >= 0.3 is 0 Å². The van der Waals surface area contributed by atoms with E-state index in [0.717, 1.165) is 10.4 Å². The molecule has 2 aromatic carbocycles. The van der Waals surface area contributed by atoms with Crippen LogP contribution >= 0.6 is 0 Å². The average Bonchev–Trinajstić information content (AvgIpc) is 2.54. The fourth-order valence-electron chi connectivity index (χ4n) is 2.75. The zero-order chi connectivity index (χ0) is 17.5. The van der Waals surface area contributed by atoms with Crippen molar-refractivity contribution >= 4 is 25.7 Å². The molecule has 0 atom stereocenters. The van der Waals surface area contributed by atoms with Gasteiger partial charge in [-0.3, -0.25) is 4.31 Å². The topological polar surface area (TPSA) is 97.5 Å². The lowest BCUT2D eigenvalue weighted by atomic mass is 10.0. The van der Waals surface area contributed by atoms with E-state index in [4.69, 9.17) is 5.14 Å². The molecule has 0 fully saturated rings. The molecule has 0 aliphatic carbocycles. The highest BCUT2D eigenvalue weighted by Crippen LogP contribution is 2.34. The Kier molecular flexibility index (Phi) is 4.10. The average molecular weight is 370 g/mol. The quantitative estimate of drug-likeness (QED) is 0.888. The molecular weight excluding hydrogens is 355 g/mol. The number of halogens is 1. The predicted octanol–water partition coefficient (Wildman–Crippen LogP) is 1.61. The van der Waals surface area contributed by atoms with E-state index in [9.17, 15) is 21.2 Å². The molecule has 1 aliphatic rings. The van der Waals surface area contributed by atoms with Crippen molar-refractivity contribution in [3.05, 3.63) is 53.8 Å². The summed E-state index contributed by atoms with van der Waals surface area (Å²) in [4.78, 5) is -0.556. The van der Waals surface area contributed by atoms with Crippen LogP contribution in [0.4, 0.5) is 10.1 Å². The minimum absolute atomic E-state index is 0.0183. The second kappa shape index (κ2) is 5.83. The van der Waals surface area contributed by atoms with E-state index in [1.54, 1.807) is 6.07 Å². The van der Waals surface area contributed by atoms with Gasteiger partial charge in [-0.15, -0.1) is 0 Å². The summed E-state index contributed by atoms with van der Waals surface area (Å²) in [5.41, 5.74) is 0.622. The van der Waals surface area contributed by atoms with Gasteiger partial charge in [0, 0.05) is 6.54 Å². The van der Waals surface area contributed by atoms with Crippen LogP contribution in [0.15, 0.2) is 52.3 Å². The van der Waals surface area contributed by atoms with Crippen molar-refractivity contribution in [3.63, 3.8) is 0 Å². The molecule has 24 heavy (non-hydrogen) atoms. The van der Waals surface area contributed by atoms with Crippen molar-refractivity contribution in [1.82, 2.24) is 0 Å². The number of anilines is 1. The standard InChI is InChI=1S/C15H15FN2O4S2/c16-14-8-1-4-11-5-3-9-18(15(11)14)24(21,22)13-7-2-6-12(10-13)23(17,19)20/h1-2,4,6-8,10H,3,5,9H2,(H2,17,19,20). The summed E-state index contributed by atoms with van der Waals surface area (Å²) in [7, 11) is -8.15. The summed E-state index contributed by atoms with van der Waals surface area (Å²) >= 11 is 0. The van der Waals surface area contributed by atoms with Crippen LogP contribution in [0.5, 0.6) is 0 Å². The molecular formula is C15H15FN2O4S2. The van der Waals surface area contributed by atoms with Gasteiger partial charge in [-0.1, -0.05) is 18.2 Å². The Balaban J connectivity index is 2.15. The summed E-state index contributed by atoms with van der Waals surface area (Å²) in [6.07, 6.45) is 1.13. The maximum atomic E-state index is 14.2. The monoisotopic (exact) mass is 370 g/mol. The summed E-state index contributed by atoms with van der Waals surface area (Å²) in [6, 6.07) is 9.16. The zero-order valence-corrected chi connectivity index (χ0v) is 14.1. The van der Waals surface area contributed by atoms with E-state index < -0.39 is 25.9 Å². The number of nitrogens with two attached hydrogens (primary N) is 1. The Bertz CT molecular complexity index is 1000. The number of primary sulfonamides is 1. The first-order chi connectivity index (χ1) is 11.2. The molecule has 0 radical (unpaired) electrons. The van der Waals surface area contributed by atoms with Crippen molar-refractivity contribution in [1.29, 1.82) is 0 Å². The third-order valence-corrected chi connectivity index (χ3v) is 6.56. The lowest BCUT2D eigenvalue weighted by Crippen LogP contribution is -2.36. The van der Waals surface area contributed by atoms with Gasteiger partial charge in [0.15, 0.2) is 0 Å². The summed E-state index contributed by atoms with van der Waals surface area (Å²) in [5.74, 6) is -0.627. The number of benzene rings is 2. The molecule has 9 heteroatoms. The number of para-hydroxylation sites is 1. The maximum absolute atomic E-state index is 14.2. The van der Waals surface area contributed by atoms with Crippen LogP contribution in [0.2, 0.25) is 0 Å². The molecule has 128 valence electrons. The van der Waals surface area contributed by atoms with E-state index in [2.05, 4.69) is 0 Å². The van der Waals surface area contributed by atoms with E-state index in [0.29, 0.717) is 18.4 Å². The third-order valence-electron chi connectivity index (χ3n) is 3.85. The molecule has 2 aromatic rings. The Labute approximate surface area is 139 Å². The van der Waals surface area contributed by atoms with Crippen LogP contribution in [0.3, 0.4) is 0 Å². The molecule has 2 N–H and O–H groups in total. The molecule has 0 spiro atoms. The molecule has 1 aliphatic heterocycles. The number of hydrogen-bond acceptors (Lipinski definition) is 4. The van der Waals surface area contributed by atoms with E-state index in [1.165, 1.54) is 30.3 Å². The molecule has 0 bridgehead atoms. The minimum Gasteiger partial charge on any atom is -0.263 e. The van der Waals surface area contributed by atoms with Crippen molar-refractivity contribution in [2.24, 2.45) is 5.14 Å². The summed E-state index contributed by atoms with van der Waals surface area (Å²) < 4.78 is 63.9. The van der Waals surface area contributed by atoms with Crippen LogP contribution < -0.4 is 9.44 Å². The Morgan fingerprint density at radius 2 is 1.67 bits per heavy atom. The van der Waals surface area contributed by atoms with Crippen molar-refractivity contribution in [2.45, 2.75) is 22.6 Å². The summed E-state index contributed by atoms with van der Waals surface area (Å²) in [6.45, 7) is 0.121. The van der Waals surface area contributed by atoms with Crippen molar-refractivity contribution < 1.29 is 21.2 Å². The molecule has 0 saturated heterocycles. The van der Waals surface area contributed by atoms with E-state index in [1.807, 2.05) is 0 Å². The Morgan fingerprint density at radius 3 is 2.38 bits per heavy atom. The van der Waals surface area contributed by atoms with Gasteiger partial charge in [0.05, 0.1) is 15.5 Å². The van der Waals surface area contributed by atoms with Gasteiger partial charge in [0.2, 0.25) is 10.0 Å². The molecule has 6 nitrogen and oxygen atoms in total. The Morgan fingerprint density at radius 1 is 1.00 bits per heavy atom. The number of rotatable bonds is 3. The lowest BCUT2D eigenvalue weighted by molar-refractivity contribution is 0.576. The Hall–Kier alpha value is -1.97. The van der Waals surface area contributed by atoms with Crippen LogP contribution in [0.1, 0.15) is 12.0 Å². The highest BCUT2D eigenvalue weighted by atomic mass is 32.2. The van der Waals surface area contributed by atoms with E-state index >= 15 is 0 Å². The molecule has 1 heterocycles. The first-order valence-electron chi connectivity index (χ1n) is 7.14.